The molecular formula is C18H18N2O7. The summed E-state index contributed by atoms with van der Waals surface area (Å²) in [5, 5.41) is 18.5. The first-order valence-electron chi connectivity index (χ1n) is 7.97. The Labute approximate surface area is 153 Å². The van der Waals surface area contributed by atoms with E-state index in [1.54, 1.807) is 6.92 Å². The summed E-state index contributed by atoms with van der Waals surface area (Å²) >= 11 is 0. The maximum Gasteiger partial charge on any atom is 0.336 e. The van der Waals surface area contributed by atoms with Crippen LogP contribution in [0.15, 0.2) is 18.2 Å². The zero-order valence-corrected chi connectivity index (χ0v) is 14.4. The van der Waals surface area contributed by atoms with E-state index in [0.29, 0.717) is 6.61 Å². The molecule has 9 heteroatoms. The molecule has 0 saturated carbocycles. The molecule has 0 unspecified atom stereocenters. The minimum atomic E-state index is -1.41. The molecule has 0 aliphatic rings. The molecule has 142 valence electrons. The Morgan fingerprint density at radius 2 is 1.48 bits per heavy atom. The number of ether oxygens (including phenoxy) is 1. The van der Waals surface area contributed by atoms with Gasteiger partial charge in [-0.05, 0) is 37.1 Å². The average molecular weight is 374 g/mol. The number of aromatic carboxylic acids is 2. The van der Waals surface area contributed by atoms with Crippen LogP contribution < -0.4 is 11.5 Å². The van der Waals surface area contributed by atoms with E-state index >= 15 is 0 Å². The van der Waals surface area contributed by atoms with Crippen LogP contribution in [0.2, 0.25) is 0 Å². The summed E-state index contributed by atoms with van der Waals surface area (Å²) in [6, 6.07) is 3.37. The predicted octanol–water partition coefficient (Wildman–Crippen LogP) is 1.01. The van der Waals surface area contributed by atoms with E-state index in [1.807, 2.05) is 0 Å². The Balaban J connectivity index is 3.06. The van der Waals surface area contributed by atoms with Gasteiger partial charge in [-0.3, -0.25) is 9.59 Å². The van der Waals surface area contributed by atoms with Crippen molar-refractivity contribution in [3.05, 3.63) is 46.0 Å². The average Bonchev–Trinajstić information content (AvgIpc) is 2.59. The lowest BCUT2D eigenvalue weighted by molar-refractivity contribution is 0.0684. The van der Waals surface area contributed by atoms with Crippen molar-refractivity contribution in [2.45, 2.75) is 13.3 Å². The van der Waals surface area contributed by atoms with Gasteiger partial charge in [-0.25, -0.2) is 9.59 Å². The summed E-state index contributed by atoms with van der Waals surface area (Å²) in [6.45, 7) is 2.36. The second-order valence-corrected chi connectivity index (χ2v) is 5.65. The van der Waals surface area contributed by atoms with E-state index in [-0.39, 0.29) is 51.6 Å². The van der Waals surface area contributed by atoms with Crippen LogP contribution in [0.25, 0.3) is 10.8 Å². The van der Waals surface area contributed by atoms with Crippen molar-refractivity contribution < 1.29 is 34.1 Å². The fourth-order valence-electron chi connectivity index (χ4n) is 2.98. The lowest BCUT2D eigenvalue weighted by Gasteiger charge is -2.17. The number of hydrogen-bond acceptors (Lipinski definition) is 5. The minimum Gasteiger partial charge on any atom is -0.478 e. The summed E-state index contributed by atoms with van der Waals surface area (Å²) in [4.78, 5) is 47.4. The Morgan fingerprint density at radius 1 is 0.926 bits per heavy atom. The molecule has 2 amide bonds. The van der Waals surface area contributed by atoms with Crippen molar-refractivity contribution >= 4 is 34.5 Å². The smallest absolute Gasteiger partial charge is 0.336 e. The number of carboxylic acids is 2. The summed E-state index contributed by atoms with van der Waals surface area (Å²) < 4.78 is 5.25. The number of rotatable bonds is 8. The molecule has 2 aromatic rings. The first-order chi connectivity index (χ1) is 12.7. The van der Waals surface area contributed by atoms with Gasteiger partial charge in [-0.2, -0.15) is 0 Å². The van der Waals surface area contributed by atoms with E-state index in [4.69, 9.17) is 16.2 Å². The molecule has 2 aromatic carbocycles. The van der Waals surface area contributed by atoms with Gasteiger partial charge in [0.15, 0.2) is 0 Å². The second-order valence-electron chi connectivity index (χ2n) is 5.65. The molecule has 2 rings (SSSR count). The third-order valence-electron chi connectivity index (χ3n) is 4.06. The first-order valence-corrected chi connectivity index (χ1v) is 7.97. The number of hydrogen-bond donors (Lipinski definition) is 4. The van der Waals surface area contributed by atoms with Crippen molar-refractivity contribution in [3.8, 4) is 0 Å². The number of fused-ring (bicyclic) bond motifs is 1. The van der Waals surface area contributed by atoms with Crippen LogP contribution >= 0.6 is 0 Å². The van der Waals surface area contributed by atoms with Crippen molar-refractivity contribution in [1.82, 2.24) is 0 Å². The van der Waals surface area contributed by atoms with E-state index in [2.05, 4.69) is 0 Å². The van der Waals surface area contributed by atoms with Crippen LogP contribution in [-0.4, -0.2) is 47.2 Å². The zero-order valence-electron chi connectivity index (χ0n) is 14.4. The summed E-state index contributed by atoms with van der Waals surface area (Å²) in [6.07, 6.45) is 0.151. The molecule has 0 heterocycles. The summed E-state index contributed by atoms with van der Waals surface area (Å²) in [5.74, 6) is -4.72. The number of carbonyl (C=O) groups excluding carboxylic acids is 2. The molecule has 6 N–H and O–H groups in total. The van der Waals surface area contributed by atoms with Gasteiger partial charge in [-0.15, -0.1) is 0 Å². The van der Waals surface area contributed by atoms with E-state index < -0.39 is 23.8 Å². The lowest BCUT2D eigenvalue weighted by atomic mass is 9.87. The largest absolute Gasteiger partial charge is 0.478 e. The number of nitrogens with two attached hydrogens (primary N) is 2. The van der Waals surface area contributed by atoms with E-state index in [0.717, 1.165) is 12.1 Å². The van der Waals surface area contributed by atoms with Gasteiger partial charge < -0.3 is 26.4 Å². The van der Waals surface area contributed by atoms with Crippen molar-refractivity contribution in [1.29, 1.82) is 0 Å². The van der Waals surface area contributed by atoms with Gasteiger partial charge >= 0.3 is 11.9 Å². The van der Waals surface area contributed by atoms with Gasteiger partial charge in [-0.1, -0.05) is 0 Å². The van der Waals surface area contributed by atoms with Crippen LogP contribution in [0.1, 0.15) is 53.9 Å². The van der Waals surface area contributed by atoms with Crippen molar-refractivity contribution in [2.24, 2.45) is 11.5 Å². The van der Waals surface area contributed by atoms with E-state index in [1.165, 1.54) is 6.07 Å². The highest BCUT2D eigenvalue weighted by Crippen LogP contribution is 2.33. The van der Waals surface area contributed by atoms with Crippen LogP contribution in [0.4, 0.5) is 0 Å². The normalized spacial score (nSPS) is 10.7. The van der Waals surface area contributed by atoms with Gasteiger partial charge in [0.2, 0.25) is 11.8 Å². The van der Waals surface area contributed by atoms with Crippen molar-refractivity contribution in [2.75, 3.05) is 13.2 Å². The maximum absolute atomic E-state index is 12.1. The quantitative estimate of drug-likeness (QED) is 0.499. The van der Waals surface area contributed by atoms with Crippen molar-refractivity contribution in [3.63, 3.8) is 0 Å². The molecule has 0 atom stereocenters. The Kier molecular flexibility index (Phi) is 5.76. The van der Waals surface area contributed by atoms with Crippen LogP contribution in [0.5, 0.6) is 0 Å². The second kappa shape index (κ2) is 7.83. The van der Waals surface area contributed by atoms with Crippen LogP contribution in [-0.2, 0) is 11.2 Å². The number of carbonyl (C=O) groups is 4. The molecular weight excluding hydrogens is 356 g/mol. The molecule has 0 aromatic heterocycles. The van der Waals surface area contributed by atoms with Crippen LogP contribution in [0.3, 0.4) is 0 Å². The molecule has 27 heavy (non-hydrogen) atoms. The van der Waals surface area contributed by atoms with Crippen LogP contribution in [0, 0.1) is 0 Å². The molecule has 9 nitrogen and oxygen atoms in total. The Hall–Kier alpha value is -3.46. The molecule has 0 radical (unpaired) electrons. The highest BCUT2D eigenvalue weighted by molar-refractivity contribution is 6.23. The minimum absolute atomic E-state index is 0.151. The highest BCUT2D eigenvalue weighted by atomic mass is 16.5. The standard InChI is InChI=1S/C18H18N2O7/c1-2-27-6-5-8-7-11(15(19)21)13-9(17(23)24)3-4-10(18(25)26)14(13)12(8)16(20)22/h3-4,7H,2,5-6H2,1H3,(H2,19,21)(H2,20,22)(H,23,24)(H,25,26). The number of amides is 2. The van der Waals surface area contributed by atoms with Gasteiger partial charge in [0.1, 0.15) is 0 Å². The number of benzene rings is 2. The Morgan fingerprint density at radius 3 is 1.93 bits per heavy atom. The first kappa shape index (κ1) is 19.9. The fourth-order valence-corrected chi connectivity index (χ4v) is 2.98. The third kappa shape index (κ3) is 3.72. The topological polar surface area (TPSA) is 170 Å². The number of carboxylic acid groups (broad SMARTS) is 2. The molecule has 0 bridgehead atoms. The van der Waals surface area contributed by atoms with Gasteiger partial charge in [0.25, 0.3) is 0 Å². The number of primary amides is 2. The Bertz CT molecular complexity index is 966. The van der Waals surface area contributed by atoms with Gasteiger partial charge in [0, 0.05) is 22.9 Å². The van der Waals surface area contributed by atoms with Gasteiger partial charge in [0.05, 0.1) is 23.3 Å². The molecule has 0 saturated heterocycles. The van der Waals surface area contributed by atoms with E-state index in [9.17, 15) is 29.4 Å². The third-order valence-corrected chi connectivity index (χ3v) is 4.06. The highest BCUT2D eigenvalue weighted by Gasteiger charge is 2.26. The zero-order chi connectivity index (χ0) is 20.3. The molecule has 0 fully saturated rings. The SMILES string of the molecule is CCOCCc1cc(C(N)=O)c2c(C(=O)O)ccc(C(=O)O)c2c1C(N)=O. The summed E-state index contributed by atoms with van der Waals surface area (Å²) in [5.41, 5.74) is 10.0. The predicted molar refractivity (Wildman–Crippen MR) is 95.1 cm³/mol. The monoisotopic (exact) mass is 374 g/mol. The maximum atomic E-state index is 12.1. The summed E-state index contributed by atoms with van der Waals surface area (Å²) in [7, 11) is 0. The lowest BCUT2D eigenvalue weighted by Crippen LogP contribution is -2.21. The fraction of sp³-hybridized carbons (Fsp3) is 0.222. The molecule has 0 spiro atoms. The molecule has 0 aliphatic carbocycles. The molecule has 0 aliphatic heterocycles.